The van der Waals surface area contributed by atoms with Gasteiger partial charge >= 0.3 is 69.2 Å². The Morgan fingerprint density at radius 1 is 0.688 bits per heavy atom. The standard InChI is InChI=1S/C6H14BN.6CH3.2Sn/c1-5(2)8(7)6(3)4;;;;;;;;/h5-6H,1-4H3;6*1H3;;. The summed E-state index contributed by atoms with van der Waals surface area (Å²) in [6.45, 7) is 8.33. The van der Waals surface area contributed by atoms with Crippen LogP contribution in [0.4, 0.5) is 0 Å². The average molecular weight is 439 g/mol. The van der Waals surface area contributed by atoms with Gasteiger partial charge in [-0.15, -0.1) is 0 Å². The third kappa shape index (κ3) is 36.1. The molecule has 0 heterocycles. The Bertz CT molecular complexity index is 109. The molecule has 16 heavy (non-hydrogen) atoms. The number of hydrogen-bond acceptors (Lipinski definition) is 1. The van der Waals surface area contributed by atoms with E-state index in [-0.39, 0.29) is 0 Å². The van der Waals surface area contributed by atoms with Gasteiger partial charge in [0.15, 0.2) is 7.98 Å². The van der Waals surface area contributed by atoms with Gasteiger partial charge in [0, 0.05) is 0 Å². The van der Waals surface area contributed by atoms with Crippen LogP contribution in [-0.2, 0) is 0 Å². The van der Waals surface area contributed by atoms with Crippen molar-refractivity contribution in [1.29, 1.82) is 0 Å². The van der Waals surface area contributed by atoms with Crippen molar-refractivity contribution < 1.29 is 0 Å². The fourth-order valence-electron chi connectivity index (χ4n) is 0.596. The Kier molecular flexibility index (Phi) is 20.9. The molecule has 0 atom stereocenters. The van der Waals surface area contributed by atoms with Gasteiger partial charge < -0.3 is 4.81 Å². The third-order valence-corrected chi connectivity index (χ3v) is 1.19. The number of nitrogens with zero attached hydrogens (tertiary/aromatic N) is 1. The first kappa shape index (κ1) is 22.8. The second-order valence-corrected chi connectivity index (χ2v) is 22.8. The van der Waals surface area contributed by atoms with Gasteiger partial charge in [0.2, 0.25) is 0 Å². The molecule has 4 radical (unpaired) electrons. The molecule has 0 amide bonds. The van der Waals surface area contributed by atoms with Crippen LogP contribution in [-0.4, -0.2) is 64.4 Å². The van der Waals surface area contributed by atoms with Gasteiger partial charge in [-0.05, 0) is 12.1 Å². The zero-order chi connectivity index (χ0) is 13.9. The summed E-state index contributed by atoms with van der Waals surface area (Å²) in [7, 11) is 5.59. The van der Waals surface area contributed by atoms with E-state index in [1.165, 1.54) is 0 Å². The fraction of sp³-hybridized carbons (Fsp3) is 1.00. The normalized spacial score (nSPS) is 10.4. The molecule has 0 spiro atoms. The summed E-state index contributed by atoms with van der Waals surface area (Å²) in [6.07, 6.45) is 0. The van der Waals surface area contributed by atoms with E-state index < -0.39 is 39.5 Å². The van der Waals surface area contributed by atoms with Gasteiger partial charge in [-0.25, -0.2) is 0 Å². The Balaban J connectivity index is -0.000000179. The Hall–Kier alpha value is 1.62. The van der Waals surface area contributed by atoms with Crippen molar-refractivity contribution >= 4 is 47.5 Å². The van der Waals surface area contributed by atoms with Crippen LogP contribution in [0.25, 0.3) is 0 Å². The van der Waals surface area contributed by atoms with Crippen molar-refractivity contribution in [1.82, 2.24) is 4.81 Å². The van der Waals surface area contributed by atoms with E-state index in [0.29, 0.717) is 12.1 Å². The molecule has 0 aliphatic carbocycles. The van der Waals surface area contributed by atoms with Gasteiger partial charge in [-0.3, -0.25) is 0 Å². The van der Waals surface area contributed by atoms with Crippen molar-refractivity contribution in [3.8, 4) is 0 Å². The van der Waals surface area contributed by atoms with E-state index in [1.54, 1.807) is 0 Å². The summed E-state index contributed by atoms with van der Waals surface area (Å²) in [4.78, 5) is 16.0. The molecule has 1 nitrogen and oxygen atoms in total. The van der Waals surface area contributed by atoms with Gasteiger partial charge in [0.1, 0.15) is 0 Å². The molecule has 4 heteroatoms. The Morgan fingerprint density at radius 3 is 0.812 bits per heavy atom. The molecule has 0 saturated carbocycles. The average Bonchev–Trinajstić information content (AvgIpc) is 2.00. The zero-order valence-corrected chi connectivity index (χ0v) is 18.9. The van der Waals surface area contributed by atoms with Crippen molar-refractivity contribution in [2.45, 2.75) is 69.4 Å². The summed E-state index contributed by atoms with van der Waals surface area (Å²) < 4.78 is 0. The van der Waals surface area contributed by atoms with Crippen LogP contribution in [0, 0.1) is 0 Å². The summed E-state index contributed by atoms with van der Waals surface area (Å²) in [5, 5.41) is 0. The van der Waals surface area contributed by atoms with Crippen LogP contribution in [0.15, 0.2) is 0 Å². The molecular weight excluding hydrogens is 406 g/mol. The van der Waals surface area contributed by atoms with Crippen molar-refractivity contribution in [2.24, 2.45) is 0 Å². The van der Waals surface area contributed by atoms with Crippen LogP contribution in [0.1, 0.15) is 27.7 Å². The topological polar surface area (TPSA) is 3.24 Å². The molecule has 0 N–H and O–H groups in total. The number of rotatable bonds is 2. The predicted molar refractivity (Wildman–Crippen MR) is 84.6 cm³/mol. The fourth-order valence-corrected chi connectivity index (χ4v) is 0.596. The van der Waals surface area contributed by atoms with Crippen LogP contribution in [0.3, 0.4) is 0 Å². The molecule has 96 valence electrons. The first-order valence-electron chi connectivity index (χ1n) is 6.08. The zero-order valence-electron chi connectivity index (χ0n) is 13.2. The van der Waals surface area contributed by atoms with E-state index in [4.69, 9.17) is 7.98 Å². The summed E-state index contributed by atoms with van der Waals surface area (Å²) in [5.74, 6) is 0. The van der Waals surface area contributed by atoms with E-state index in [2.05, 4.69) is 57.3 Å². The molecule has 0 fully saturated rings. The third-order valence-electron chi connectivity index (χ3n) is 1.19. The number of hydrogen-bond donors (Lipinski definition) is 0. The predicted octanol–water partition coefficient (Wildman–Crippen LogP) is 3.93. The Morgan fingerprint density at radius 2 is 0.812 bits per heavy atom. The first-order valence-corrected chi connectivity index (χ1v) is 23.2. The quantitative estimate of drug-likeness (QED) is 0.591. The molecule has 0 aliphatic heterocycles. The molecule has 0 rings (SSSR count). The molecule has 0 aromatic carbocycles. The van der Waals surface area contributed by atoms with Gasteiger partial charge in [0.25, 0.3) is 0 Å². The summed E-state index contributed by atoms with van der Waals surface area (Å²) in [5.41, 5.74) is 0. The minimum absolute atomic E-state index is 0.454. The molecule has 0 saturated heterocycles. The van der Waals surface area contributed by atoms with Gasteiger partial charge in [-0.1, -0.05) is 27.7 Å². The van der Waals surface area contributed by atoms with Crippen LogP contribution >= 0.6 is 0 Å². The second-order valence-electron chi connectivity index (χ2n) is 5.63. The van der Waals surface area contributed by atoms with E-state index in [0.717, 1.165) is 0 Å². The second kappa shape index (κ2) is 14.7. The van der Waals surface area contributed by atoms with Gasteiger partial charge in [-0.2, -0.15) is 0 Å². The molecule has 0 aromatic heterocycles. The molecule has 0 aliphatic rings. The van der Waals surface area contributed by atoms with Crippen molar-refractivity contribution in [3.05, 3.63) is 0 Å². The van der Waals surface area contributed by atoms with Crippen molar-refractivity contribution in [3.63, 3.8) is 0 Å². The first-order chi connectivity index (χ1) is 7.02. The summed E-state index contributed by atoms with van der Waals surface area (Å²) in [6, 6.07) is 0.907. The van der Waals surface area contributed by atoms with E-state index in [9.17, 15) is 0 Å². The van der Waals surface area contributed by atoms with Crippen LogP contribution < -0.4 is 0 Å². The maximum absolute atomic E-state index is 5.59. The van der Waals surface area contributed by atoms with E-state index >= 15 is 0 Å². The van der Waals surface area contributed by atoms with E-state index in [1.807, 2.05) is 4.81 Å². The maximum atomic E-state index is 5.59. The van der Waals surface area contributed by atoms with Crippen molar-refractivity contribution in [2.75, 3.05) is 0 Å². The molecule has 0 bridgehead atoms. The molecule has 0 aromatic rings. The minimum atomic E-state index is -0.543. The molecular formula is C12H32BNSn2. The summed E-state index contributed by atoms with van der Waals surface area (Å²) >= 11 is -1.09. The SMILES string of the molecule is [B]N(C(C)C)C(C)C.[CH3][Sn]([CH3])[CH3].[CH3][Sn]([CH3])[CH3]. The van der Waals surface area contributed by atoms with Crippen LogP contribution in [0.5, 0.6) is 0 Å². The molecule has 0 unspecified atom stereocenters. The Labute approximate surface area is 121 Å². The van der Waals surface area contributed by atoms with Gasteiger partial charge in [0.05, 0.1) is 0 Å². The monoisotopic (exact) mass is 441 g/mol. The van der Waals surface area contributed by atoms with Crippen LogP contribution in [0.2, 0.25) is 29.6 Å².